The van der Waals surface area contributed by atoms with Crippen LogP contribution in [-0.2, 0) is 14.8 Å². The Labute approximate surface area is 151 Å². The molecule has 0 saturated carbocycles. The molecule has 1 saturated heterocycles. The number of sulfonamides is 1. The average Bonchev–Trinajstić information content (AvgIpc) is 2.95. The van der Waals surface area contributed by atoms with Crippen molar-refractivity contribution in [2.75, 3.05) is 28.5 Å². The van der Waals surface area contributed by atoms with E-state index >= 15 is 0 Å². The first kappa shape index (κ1) is 18.2. The van der Waals surface area contributed by atoms with Crippen LogP contribution in [0, 0.1) is 12.7 Å². The largest absolute Gasteiger partial charge is 0.481 e. The molecule has 1 aliphatic rings. The van der Waals surface area contributed by atoms with Gasteiger partial charge in [0.05, 0.1) is 11.4 Å². The van der Waals surface area contributed by atoms with E-state index in [1.807, 2.05) is 0 Å². The fraction of sp³-hybridized carbons (Fsp3) is 0.278. The summed E-state index contributed by atoms with van der Waals surface area (Å²) in [5, 5.41) is 2.68. The van der Waals surface area contributed by atoms with Gasteiger partial charge in [-0.05, 0) is 43.2 Å². The molecule has 1 amide bonds. The number of rotatable bonds is 5. The summed E-state index contributed by atoms with van der Waals surface area (Å²) in [4.78, 5) is 12.1. The van der Waals surface area contributed by atoms with Gasteiger partial charge in [-0.1, -0.05) is 18.2 Å². The first-order valence-electron chi connectivity index (χ1n) is 8.15. The maximum absolute atomic E-state index is 13.5. The molecule has 0 bridgehead atoms. The Morgan fingerprint density at radius 3 is 2.73 bits per heavy atom. The van der Waals surface area contributed by atoms with Crippen LogP contribution in [0.4, 0.5) is 15.8 Å². The SMILES string of the molecule is Cc1ccc(N2CCCS2(=O)=O)cc1NC(=O)COc1ccccc1F. The minimum atomic E-state index is -3.29. The molecule has 2 aromatic rings. The van der Waals surface area contributed by atoms with E-state index in [1.54, 1.807) is 31.2 Å². The highest BCUT2D eigenvalue weighted by Crippen LogP contribution is 2.28. The fourth-order valence-corrected chi connectivity index (χ4v) is 4.28. The van der Waals surface area contributed by atoms with Crippen LogP contribution in [0.3, 0.4) is 0 Å². The summed E-state index contributed by atoms with van der Waals surface area (Å²) in [6, 6.07) is 10.9. The molecule has 0 atom stereocenters. The Kier molecular flexibility index (Phi) is 5.13. The van der Waals surface area contributed by atoms with Crippen molar-refractivity contribution in [2.45, 2.75) is 13.3 Å². The number of carbonyl (C=O) groups is 1. The first-order valence-corrected chi connectivity index (χ1v) is 9.76. The van der Waals surface area contributed by atoms with Gasteiger partial charge in [0.1, 0.15) is 0 Å². The lowest BCUT2D eigenvalue weighted by Crippen LogP contribution is -2.25. The summed E-state index contributed by atoms with van der Waals surface area (Å²) in [5.41, 5.74) is 1.79. The third-order valence-electron chi connectivity index (χ3n) is 4.08. The lowest BCUT2D eigenvalue weighted by molar-refractivity contribution is -0.118. The molecule has 26 heavy (non-hydrogen) atoms. The van der Waals surface area contributed by atoms with E-state index in [2.05, 4.69) is 5.32 Å². The second-order valence-corrected chi connectivity index (χ2v) is 8.02. The molecule has 0 radical (unpaired) electrons. The van der Waals surface area contributed by atoms with Crippen LogP contribution in [0.15, 0.2) is 42.5 Å². The van der Waals surface area contributed by atoms with Crippen molar-refractivity contribution in [1.82, 2.24) is 0 Å². The molecule has 2 aromatic carbocycles. The van der Waals surface area contributed by atoms with Gasteiger partial charge in [-0.2, -0.15) is 0 Å². The van der Waals surface area contributed by atoms with E-state index < -0.39 is 21.7 Å². The number of amides is 1. The van der Waals surface area contributed by atoms with Gasteiger partial charge in [0.2, 0.25) is 10.0 Å². The average molecular weight is 378 g/mol. The molecule has 0 spiro atoms. The number of carbonyl (C=O) groups excluding carboxylic acids is 1. The Bertz CT molecular complexity index is 931. The van der Waals surface area contributed by atoms with E-state index in [9.17, 15) is 17.6 Å². The fourth-order valence-electron chi connectivity index (χ4n) is 2.72. The van der Waals surface area contributed by atoms with Gasteiger partial charge in [0, 0.05) is 12.2 Å². The number of para-hydroxylation sites is 1. The maximum atomic E-state index is 13.5. The summed E-state index contributed by atoms with van der Waals surface area (Å²) in [6.45, 7) is 1.87. The Balaban J connectivity index is 1.70. The van der Waals surface area contributed by atoms with Gasteiger partial charge in [-0.25, -0.2) is 12.8 Å². The van der Waals surface area contributed by atoms with E-state index in [4.69, 9.17) is 4.74 Å². The minimum absolute atomic E-state index is 0.00344. The third-order valence-corrected chi connectivity index (χ3v) is 5.95. The van der Waals surface area contributed by atoms with E-state index in [-0.39, 0.29) is 18.1 Å². The van der Waals surface area contributed by atoms with Gasteiger partial charge < -0.3 is 10.1 Å². The van der Waals surface area contributed by atoms with Crippen LogP contribution in [0.2, 0.25) is 0 Å². The van der Waals surface area contributed by atoms with Gasteiger partial charge >= 0.3 is 0 Å². The van der Waals surface area contributed by atoms with Crippen LogP contribution in [0.25, 0.3) is 0 Å². The molecule has 0 aromatic heterocycles. The van der Waals surface area contributed by atoms with Crippen molar-refractivity contribution in [1.29, 1.82) is 0 Å². The number of anilines is 2. The zero-order valence-electron chi connectivity index (χ0n) is 14.2. The van der Waals surface area contributed by atoms with Crippen LogP contribution >= 0.6 is 0 Å². The number of halogens is 1. The standard InChI is InChI=1S/C18H19FN2O4S/c1-13-7-8-14(21-9-4-10-26(21,23)24)11-16(13)20-18(22)12-25-17-6-3-2-5-15(17)19/h2-3,5-8,11H,4,9-10,12H2,1H3,(H,20,22). The molecule has 0 unspecified atom stereocenters. The molecule has 1 heterocycles. The number of hydrogen-bond donors (Lipinski definition) is 1. The van der Waals surface area contributed by atoms with Gasteiger partial charge in [0.15, 0.2) is 18.2 Å². The number of hydrogen-bond acceptors (Lipinski definition) is 4. The van der Waals surface area contributed by atoms with E-state index in [0.717, 1.165) is 5.56 Å². The van der Waals surface area contributed by atoms with Crippen molar-refractivity contribution in [2.24, 2.45) is 0 Å². The summed E-state index contributed by atoms with van der Waals surface area (Å²) < 4.78 is 44.1. The maximum Gasteiger partial charge on any atom is 0.262 e. The molecule has 1 N–H and O–H groups in total. The predicted molar refractivity (Wildman–Crippen MR) is 97.5 cm³/mol. The number of aryl methyl sites for hydroxylation is 1. The molecule has 1 aliphatic heterocycles. The van der Waals surface area contributed by atoms with E-state index in [0.29, 0.717) is 24.3 Å². The Morgan fingerprint density at radius 1 is 1.27 bits per heavy atom. The van der Waals surface area contributed by atoms with Crippen molar-refractivity contribution >= 4 is 27.3 Å². The van der Waals surface area contributed by atoms with Crippen LogP contribution in [-0.4, -0.2) is 33.2 Å². The molecular weight excluding hydrogens is 359 g/mol. The van der Waals surface area contributed by atoms with Crippen molar-refractivity contribution in [3.8, 4) is 5.75 Å². The Morgan fingerprint density at radius 2 is 2.04 bits per heavy atom. The molecule has 1 fully saturated rings. The van der Waals surface area contributed by atoms with Crippen LogP contribution in [0.1, 0.15) is 12.0 Å². The minimum Gasteiger partial charge on any atom is -0.481 e. The second-order valence-electron chi connectivity index (χ2n) is 6.01. The molecular formula is C18H19FN2O4S. The zero-order valence-corrected chi connectivity index (χ0v) is 15.1. The summed E-state index contributed by atoms with van der Waals surface area (Å²) in [6.07, 6.45) is 0.578. The summed E-state index contributed by atoms with van der Waals surface area (Å²) >= 11 is 0. The monoisotopic (exact) mass is 378 g/mol. The van der Waals surface area contributed by atoms with Gasteiger partial charge in [-0.15, -0.1) is 0 Å². The normalized spacial score (nSPS) is 15.7. The molecule has 0 aliphatic carbocycles. The summed E-state index contributed by atoms with van der Waals surface area (Å²) in [5.74, 6) is -0.884. The molecule has 138 valence electrons. The molecule has 8 heteroatoms. The smallest absolute Gasteiger partial charge is 0.262 e. The second kappa shape index (κ2) is 7.33. The lowest BCUT2D eigenvalue weighted by Gasteiger charge is -2.19. The summed E-state index contributed by atoms with van der Waals surface area (Å²) in [7, 11) is -3.29. The molecule has 6 nitrogen and oxygen atoms in total. The lowest BCUT2D eigenvalue weighted by atomic mass is 10.1. The highest BCUT2D eigenvalue weighted by molar-refractivity contribution is 7.93. The van der Waals surface area contributed by atoms with Gasteiger partial charge in [0.25, 0.3) is 5.91 Å². The number of ether oxygens (including phenoxy) is 1. The molecule has 3 rings (SSSR count). The highest BCUT2D eigenvalue weighted by Gasteiger charge is 2.28. The van der Waals surface area contributed by atoms with Gasteiger partial charge in [-0.3, -0.25) is 9.10 Å². The topological polar surface area (TPSA) is 75.7 Å². The van der Waals surface area contributed by atoms with Crippen molar-refractivity contribution < 1.29 is 22.3 Å². The van der Waals surface area contributed by atoms with Crippen LogP contribution < -0.4 is 14.4 Å². The highest BCUT2D eigenvalue weighted by atomic mass is 32.2. The van der Waals surface area contributed by atoms with Crippen molar-refractivity contribution in [3.63, 3.8) is 0 Å². The first-order chi connectivity index (χ1) is 12.4. The van der Waals surface area contributed by atoms with E-state index in [1.165, 1.54) is 22.5 Å². The Hall–Kier alpha value is -2.61. The van der Waals surface area contributed by atoms with Crippen LogP contribution in [0.5, 0.6) is 5.75 Å². The number of benzene rings is 2. The van der Waals surface area contributed by atoms with Crippen molar-refractivity contribution in [3.05, 3.63) is 53.8 Å². The zero-order chi connectivity index (χ0) is 18.7. The predicted octanol–water partition coefficient (Wildman–Crippen LogP) is 2.69. The number of nitrogens with one attached hydrogen (secondary N) is 1. The third kappa shape index (κ3) is 3.96. The quantitative estimate of drug-likeness (QED) is 0.868. The number of nitrogens with zero attached hydrogens (tertiary/aromatic N) is 1.